The molecule has 0 bridgehead atoms. The predicted molar refractivity (Wildman–Crippen MR) is 103 cm³/mol. The Hall–Kier alpha value is -0.340. The maximum Gasteiger partial charge on any atom is 0.191 e. The molecule has 2 N–H and O–H groups in total. The Morgan fingerprint density at radius 2 is 2.29 bits per heavy atom. The summed E-state index contributed by atoms with van der Waals surface area (Å²) in [7, 11) is 0. The molecule has 1 aliphatic heterocycles. The molecule has 1 aromatic rings. The number of hydrogen-bond acceptors (Lipinski definition) is 3. The summed E-state index contributed by atoms with van der Waals surface area (Å²) < 4.78 is 0. The van der Waals surface area contributed by atoms with Crippen LogP contribution in [0.1, 0.15) is 25.1 Å². The van der Waals surface area contributed by atoms with Gasteiger partial charge in [-0.15, -0.1) is 35.3 Å². The standard InChI is InChI=1S/C15H26N4S.HI/c1-3-16-15(18-11-14-6-5-9-20-14)17-10-13-7-8-19(4-2)12-13;/h5-6,9,13H,3-4,7-8,10-12H2,1-2H3,(H2,16,17,18);1H. The van der Waals surface area contributed by atoms with Gasteiger partial charge in [-0.3, -0.25) is 0 Å². The zero-order valence-electron chi connectivity index (χ0n) is 13.0. The lowest BCUT2D eigenvalue weighted by Crippen LogP contribution is -2.40. The Labute approximate surface area is 149 Å². The van der Waals surface area contributed by atoms with E-state index in [0.717, 1.165) is 31.5 Å². The lowest BCUT2D eigenvalue weighted by molar-refractivity contribution is 0.342. The minimum absolute atomic E-state index is 0. The average molecular weight is 422 g/mol. The molecule has 4 nitrogen and oxygen atoms in total. The first-order valence-electron chi connectivity index (χ1n) is 7.58. The second-order valence-corrected chi connectivity index (χ2v) is 6.24. The fraction of sp³-hybridized carbons (Fsp3) is 0.667. The Kier molecular flexibility index (Phi) is 9.26. The second-order valence-electron chi connectivity index (χ2n) is 5.20. The third-order valence-electron chi connectivity index (χ3n) is 3.69. The van der Waals surface area contributed by atoms with E-state index in [1.54, 1.807) is 11.3 Å². The van der Waals surface area contributed by atoms with Crippen LogP contribution in [0, 0.1) is 5.92 Å². The number of nitrogens with one attached hydrogen (secondary N) is 2. The largest absolute Gasteiger partial charge is 0.357 e. The summed E-state index contributed by atoms with van der Waals surface area (Å²) >= 11 is 1.76. The van der Waals surface area contributed by atoms with Crippen LogP contribution in [0.25, 0.3) is 0 Å². The van der Waals surface area contributed by atoms with Gasteiger partial charge in [0.2, 0.25) is 0 Å². The highest BCUT2D eigenvalue weighted by atomic mass is 127. The normalized spacial score (nSPS) is 19.3. The molecule has 0 saturated carbocycles. The van der Waals surface area contributed by atoms with Gasteiger partial charge in [-0.2, -0.15) is 0 Å². The minimum Gasteiger partial charge on any atom is -0.357 e. The summed E-state index contributed by atoms with van der Waals surface area (Å²) in [6, 6.07) is 4.21. The monoisotopic (exact) mass is 422 g/mol. The van der Waals surface area contributed by atoms with Crippen molar-refractivity contribution in [1.29, 1.82) is 0 Å². The first kappa shape index (κ1) is 18.7. The Morgan fingerprint density at radius 3 is 2.90 bits per heavy atom. The van der Waals surface area contributed by atoms with Crippen LogP contribution < -0.4 is 10.6 Å². The van der Waals surface area contributed by atoms with Crippen LogP contribution in [-0.2, 0) is 6.54 Å². The van der Waals surface area contributed by atoms with Gasteiger partial charge in [-0.1, -0.05) is 13.0 Å². The number of aliphatic imine (C=N–C) groups is 1. The first-order valence-corrected chi connectivity index (χ1v) is 8.46. The topological polar surface area (TPSA) is 39.7 Å². The van der Waals surface area contributed by atoms with Crippen LogP contribution in [-0.4, -0.2) is 43.6 Å². The molecule has 2 heterocycles. The third-order valence-corrected chi connectivity index (χ3v) is 4.55. The van der Waals surface area contributed by atoms with Crippen molar-refractivity contribution in [2.45, 2.75) is 26.8 Å². The lowest BCUT2D eigenvalue weighted by atomic mass is 10.1. The zero-order chi connectivity index (χ0) is 14.2. The molecule has 0 aromatic carbocycles. The van der Waals surface area contributed by atoms with Crippen molar-refractivity contribution in [3.05, 3.63) is 22.4 Å². The Morgan fingerprint density at radius 1 is 1.43 bits per heavy atom. The number of hydrogen-bond donors (Lipinski definition) is 2. The van der Waals surface area contributed by atoms with Gasteiger partial charge >= 0.3 is 0 Å². The van der Waals surface area contributed by atoms with Gasteiger partial charge in [0.05, 0.1) is 6.54 Å². The molecule has 21 heavy (non-hydrogen) atoms. The number of likely N-dealkylation sites (tertiary alicyclic amines) is 1. The molecule has 0 radical (unpaired) electrons. The van der Waals surface area contributed by atoms with Crippen LogP contribution in [0.3, 0.4) is 0 Å². The fourth-order valence-electron chi connectivity index (χ4n) is 2.51. The second kappa shape index (κ2) is 10.4. The summed E-state index contributed by atoms with van der Waals surface area (Å²) in [4.78, 5) is 8.47. The van der Waals surface area contributed by atoms with Crippen molar-refractivity contribution < 1.29 is 0 Å². The molecule has 1 aliphatic rings. The van der Waals surface area contributed by atoms with Gasteiger partial charge in [0.25, 0.3) is 0 Å². The molecule has 1 saturated heterocycles. The maximum atomic E-state index is 4.65. The van der Waals surface area contributed by atoms with Crippen molar-refractivity contribution in [2.75, 3.05) is 32.7 Å². The summed E-state index contributed by atoms with van der Waals surface area (Å²) in [6.45, 7) is 10.7. The van der Waals surface area contributed by atoms with Crippen molar-refractivity contribution in [1.82, 2.24) is 15.5 Å². The highest BCUT2D eigenvalue weighted by molar-refractivity contribution is 14.0. The Balaban J connectivity index is 0.00000220. The van der Waals surface area contributed by atoms with Gasteiger partial charge < -0.3 is 15.5 Å². The van der Waals surface area contributed by atoms with Gasteiger partial charge in [0.1, 0.15) is 0 Å². The van der Waals surface area contributed by atoms with E-state index in [9.17, 15) is 0 Å². The van der Waals surface area contributed by atoms with Crippen LogP contribution in [0.2, 0.25) is 0 Å². The molecular formula is C15H27IN4S. The van der Waals surface area contributed by atoms with Crippen LogP contribution >= 0.6 is 35.3 Å². The number of nitrogens with zero attached hydrogens (tertiary/aromatic N) is 2. The number of rotatable bonds is 6. The average Bonchev–Trinajstić information content (AvgIpc) is 3.13. The molecule has 1 unspecified atom stereocenters. The lowest BCUT2D eigenvalue weighted by Gasteiger charge is -2.16. The molecule has 1 fully saturated rings. The molecule has 0 amide bonds. The Bertz CT molecular complexity index is 408. The van der Waals surface area contributed by atoms with Crippen molar-refractivity contribution in [2.24, 2.45) is 10.9 Å². The number of halogens is 1. The van der Waals surface area contributed by atoms with E-state index >= 15 is 0 Å². The fourth-order valence-corrected chi connectivity index (χ4v) is 3.14. The highest BCUT2D eigenvalue weighted by Gasteiger charge is 2.20. The predicted octanol–water partition coefficient (Wildman–Crippen LogP) is 2.76. The molecule has 120 valence electrons. The number of guanidine groups is 1. The molecule has 0 spiro atoms. The van der Waals surface area contributed by atoms with Crippen molar-refractivity contribution >= 4 is 41.3 Å². The summed E-state index contributed by atoms with van der Waals surface area (Å²) in [5.41, 5.74) is 0. The minimum atomic E-state index is 0. The summed E-state index contributed by atoms with van der Waals surface area (Å²) in [6.07, 6.45) is 1.30. The molecule has 6 heteroatoms. The van der Waals surface area contributed by atoms with E-state index in [1.165, 1.54) is 30.9 Å². The third kappa shape index (κ3) is 6.52. The van der Waals surface area contributed by atoms with Gasteiger partial charge in [0, 0.05) is 24.5 Å². The first-order chi connectivity index (χ1) is 9.81. The molecule has 1 atom stereocenters. The summed E-state index contributed by atoms with van der Waals surface area (Å²) in [5, 5.41) is 8.91. The molecule has 1 aromatic heterocycles. The van der Waals surface area contributed by atoms with E-state index in [1.807, 2.05) is 0 Å². The van der Waals surface area contributed by atoms with Crippen molar-refractivity contribution in [3.63, 3.8) is 0 Å². The van der Waals surface area contributed by atoms with Gasteiger partial charge in [-0.05, 0) is 43.8 Å². The van der Waals surface area contributed by atoms with E-state index in [-0.39, 0.29) is 24.0 Å². The molecule has 2 rings (SSSR count). The van der Waals surface area contributed by atoms with E-state index < -0.39 is 0 Å². The van der Waals surface area contributed by atoms with E-state index in [4.69, 9.17) is 0 Å². The van der Waals surface area contributed by atoms with Gasteiger partial charge in [-0.25, -0.2) is 4.99 Å². The van der Waals surface area contributed by atoms with Crippen LogP contribution in [0.4, 0.5) is 0 Å². The van der Waals surface area contributed by atoms with Crippen LogP contribution in [0.15, 0.2) is 22.5 Å². The van der Waals surface area contributed by atoms with Gasteiger partial charge in [0.15, 0.2) is 5.96 Å². The number of thiophene rings is 1. The highest BCUT2D eigenvalue weighted by Crippen LogP contribution is 2.14. The van der Waals surface area contributed by atoms with Crippen molar-refractivity contribution in [3.8, 4) is 0 Å². The van der Waals surface area contributed by atoms with Crippen LogP contribution in [0.5, 0.6) is 0 Å². The zero-order valence-corrected chi connectivity index (χ0v) is 16.1. The maximum absolute atomic E-state index is 4.65. The summed E-state index contributed by atoms with van der Waals surface area (Å²) in [5.74, 6) is 1.69. The SMILES string of the molecule is CCNC(=NCc1cccs1)NCC1CCN(CC)C1.I. The molecule has 0 aliphatic carbocycles. The smallest absolute Gasteiger partial charge is 0.191 e. The quantitative estimate of drug-likeness (QED) is 0.421. The van der Waals surface area contributed by atoms with E-state index in [0.29, 0.717) is 0 Å². The van der Waals surface area contributed by atoms with E-state index in [2.05, 4.69) is 51.9 Å². The molecular weight excluding hydrogens is 395 g/mol.